The fourth-order valence-corrected chi connectivity index (χ4v) is 3.41. The van der Waals surface area contributed by atoms with Crippen LogP contribution in [0.25, 0.3) is 0 Å². The van der Waals surface area contributed by atoms with Gasteiger partial charge in [0.05, 0.1) is 25.3 Å². The van der Waals surface area contributed by atoms with Crippen molar-refractivity contribution in [2.24, 2.45) is 5.92 Å². The lowest BCUT2D eigenvalue weighted by atomic mass is 9.93. The Bertz CT molecular complexity index is 524. The topological polar surface area (TPSA) is 103 Å². The molecular weight excluding hydrogens is 374 g/mol. The van der Waals surface area contributed by atoms with Crippen LogP contribution in [0, 0.1) is 5.92 Å². The van der Waals surface area contributed by atoms with E-state index in [1.807, 2.05) is 4.90 Å². The number of carbonyl (C=O) groups is 2. The summed E-state index contributed by atoms with van der Waals surface area (Å²) in [5.74, 6) is -6.46. The highest BCUT2D eigenvalue weighted by molar-refractivity contribution is 5.85. The quantitative estimate of drug-likeness (QED) is 0.405. The predicted octanol–water partition coefficient (Wildman–Crippen LogP) is -0.676. The molecule has 28 heavy (non-hydrogen) atoms. The second kappa shape index (κ2) is 10.4. The zero-order valence-corrected chi connectivity index (χ0v) is 16.5. The van der Waals surface area contributed by atoms with E-state index in [1.54, 1.807) is 13.8 Å². The average Bonchev–Trinajstić information content (AvgIpc) is 3.20. The Labute approximate surface area is 164 Å². The smallest absolute Gasteiger partial charge is 0.351 e. The molecule has 0 saturated carbocycles. The minimum Gasteiger partial charge on any atom is -0.384 e. The van der Waals surface area contributed by atoms with Gasteiger partial charge < -0.3 is 25.8 Å². The number of ether oxygens (including phenoxy) is 1. The molecule has 2 saturated heterocycles. The van der Waals surface area contributed by atoms with Crippen LogP contribution in [0.2, 0.25) is 0 Å². The summed E-state index contributed by atoms with van der Waals surface area (Å²) >= 11 is 0. The van der Waals surface area contributed by atoms with Gasteiger partial charge in [0.15, 0.2) is 0 Å². The summed E-state index contributed by atoms with van der Waals surface area (Å²) in [6.07, 6.45) is -0.874. The van der Waals surface area contributed by atoms with E-state index >= 15 is 0 Å². The maximum absolute atomic E-state index is 14.6. The third-order valence-corrected chi connectivity index (χ3v) is 5.24. The molecule has 0 bridgehead atoms. The largest absolute Gasteiger partial charge is 0.384 e. The van der Waals surface area contributed by atoms with Crippen molar-refractivity contribution < 1.29 is 28.2 Å². The number of amides is 2. The van der Waals surface area contributed by atoms with Gasteiger partial charge in [-0.25, -0.2) is 0 Å². The highest BCUT2D eigenvalue weighted by atomic mass is 19.3. The van der Waals surface area contributed by atoms with Gasteiger partial charge in [0, 0.05) is 26.2 Å². The van der Waals surface area contributed by atoms with E-state index in [9.17, 15) is 23.5 Å². The minimum absolute atomic E-state index is 0.0475. The van der Waals surface area contributed by atoms with Crippen molar-refractivity contribution in [1.29, 1.82) is 0 Å². The van der Waals surface area contributed by atoms with Crippen LogP contribution < -0.4 is 16.0 Å². The molecule has 0 radical (unpaired) electrons. The Morgan fingerprint density at radius 1 is 1.32 bits per heavy atom. The molecule has 2 heterocycles. The number of aliphatic hydroxyl groups excluding tert-OH is 1. The van der Waals surface area contributed by atoms with Crippen molar-refractivity contribution in [3.8, 4) is 0 Å². The summed E-state index contributed by atoms with van der Waals surface area (Å²) in [5, 5.41) is 17.9. The lowest BCUT2D eigenvalue weighted by molar-refractivity contribution is -0.169. The molecule has 2 aliphatic rings. The summed E-state index contributed by atoms with van der Waals surface area (Å²) in [4.78, 5) is 26.3. The number of nitrogens with zero attached hydrogens (tertiary/aromatic N) is 1. The fourth-order valence-electron chi connectivity index (χ4n) is 3.41. The Hall–Kier alpha value is -1.36. The minimum atomic E-state index is -4.02. The maximum Gasteiger partial charge on any atom is 0.351 e. The van der Waals surface area contributed by atoms with Gasteiger partial charge >= 0.3 is 5.92 Å². The van der Waals surface area contributed by atoms with Crippen LogP contribution in [0.3, 0.4) is 0 Å². The highest BCUT2D eigenvalue weighted by Crippen LogP contribution is 2.25. The van der Waals surface area contributed by atoms with E-state index in [2.05, 4.69) is 16.0 Å². The number of halogens is 2. The first-order chi connectivity index (χ1) is 13.2. The predicted molar refractivity (Wildman–Crippen MR) is 99.0 cm³/mol. The molecule has 162 valence electrons. The Morgan fingerprint density at radius 3 is 2.57 bits per heavy atom. The zero-order valence-electron chi connectivity index (χ0n) is 16.5. The first-order valence-corrected chi connectivity index (χ1v) is 9.91. The lowest BCUT2D eigenvalue weighted by Crippen LogP contribution is -2.61. The van der Waals surface area contributed by atoms with Gasteiger partial charge in [-0.2, -0.15) is 8.78 Å². The summed E-state index contributed by atoms with van der Waals surface area (Å²) < 4.78 is 34.3. The van der Waals surface area contributed by atoms with Crippen LogP contribution >= 0.6 is 0 Å². The van der Waals surface area contributed by atoms with Crippen molar-refractivity contribution in [2.75, 3.05) is 45.9 Å². The molecule has 4 N–H and O–H groups in total. The number of carbonyl (C=O) groups excluding carboxylic acids is 2. The Balaban J connectivity index is 1.89. The van der Waals surface area contributed by atoms with Crippen molar-refractivity contribution in [3.05, 3.63) is 0 Å². The third kappa shape index (κ3) is 6.07. The maximum atomic E-state index is 14.6. The number of nitrogens with one attached hydrogen (secondary N) is 3. The normalized spacial score (nSPS) is 23.4. The second-order valence-electron chi connectivity index (χ2n) is 7.71. The van der Waals surface area contributed by atoms with E-state index in [1.165, 1.54) is 0 Å². The summed E-state index contributed by atoms with van der Waals surface area (Å²) in [6, 6.07) is -1.70. The van der Waals surface area contributed by atoms with Crippen LogP contribution in [-0.4, -0.2) is 91.9 Å². The molecule has 0 aromatic rings. The lowest BCUT2D eigenvalue weighted by Gasteiger charge is -2.33. The van der Waals surface area contributed by atoms with E-state index in [0.717, 1.165) is 6.42 Å². The molecule has 2 rings (SSSR count). The van der Waals surface area contributed by atoms with Crippen molar-refractivity contribution in [3.63, 3.8) is 0 Å². The number of alkyl halides is 2. The van der Waals surface area contributed by atoms with Gasteiger partial charge in [0.2, 0.25) is 5.91 Å². The Morgan fingerprint density at radius 2 is 2.00 bits per heavy atom. The summed E-state index contributed by atoms with van der Waals surface area (Å²) in [6.45, 7) is 6.92. The SMILES string of the molecule is CC(C)[C@H](NC(=O)C1CCCN1)C(O)C(F)(F)C(=O)NCCN1CCOCC1. The van der Waals surface area contributed by atoms with Gasteiger partial charge in [-0.05, 0) is 25.3 Å². The summed E-state index contributed by atoms with van der Waals surface area (Å²) in [7, 11) is 0. The molecule has 0 spiro atoms. The number of hydrogen-bond donors (Lipinski definition) is 4. The first kappa shape index (κ1) is 22.9. The van der Waals surface area contributed by atoms with Crippen LogP contribution in [0.4, 0.5) is 8.78 Å². The molecule has 0 aliphatic carbocycles. The van der Waals surface area contributed by atoms with Gasteiger partial charge in [0.1, 0.15) is 6.10 Å². The zero-order chi connectivity index (χ0) is 20.7. The molecule has 0 aromatic carbocycles. The highest BCUT2D eigenvalue weighted by Gasteiger charge is 2.51. The van der Waals surface area contributed by atoms with Crippen LogP contribution in [0.5, 0.6) is 0 Å². The van der Waals surface area contributed by atoms with Gasteiger partial charge in [-0.15, -0.1) is 0 Å². The fraction of sp³-hybridized carbons (Fsp3) is 0.889. The molecule has 2 fully saturated rings. The van der Waals surface area contributed by atoms with Crippen LogP contribution in [0.1, 0.15) is 26.7 Å². The first-order valence-electron chi connectivity index (χ1n) is 9.91. The third-order valence-electron chi connectivity index (χ3n) is 5.24. The standard InChI is InChI=1S/C18H32F2N4O4/c1-12(2)14(23-16(26)13-4-3-5-21-13)15(25)18(19,20)17(27)22-6-7-24-8-10-28-11-9-24/h12-15,21,25H,3-11H2,1-2H3,(H,22,27)(H,23,26)/t13?,14-,15?/m0/s1. The number of rotatable bonds is 9. The van der Waals surface area contributed by atoms with Crippen molar-refractivity contribution >= 4 is 11.8 Å². The second-order valence-corrected chi connectivity index (χ2v) is 7.71. The molecule has 10 heteroatoms. The van der Waals surface area contributed by atoms with E-state index in [4.69, 9.17) is 4.74 Å². The van der Waals surface area contributed by atoms with E-state index < -0.39 is 41.8 Å². The molecule has 0 aromatic heterocycles. The summed E-state index contributed by atoms with van der Waals surface area (Å²) in [5.41, 5.74) is 0. The van der Waals surface area contributed by atoms with E-state index in [-0.39, 0.29) is 6.54 Å². The molecule has 3 atom stereocenters. The Kier molecular flexibility index (Phi) is 8.54. The van der Waals surface area contributed by atoms with Gasteiger partial charge in [-0.1, -0.05) is 13.8 Å². The number of aliphatic hydroxyl groups is 1. The van der Waals surface area contributed by atoms with Crippen molar-refractivity contribution in [1.82, 2.24) is 20.9 Å². The van der Waals surface area contributed by atoms with Gasteiger partial charge in [-0.3, -0.25) is 14.5 Å². The van der Waals surface area contributed by atoms with Crippen LogP contribution in [0.15, 0.2) is 0 Å². The molecule has 2 amide bonds. The number of hydrogen-bond acceptors (Lipinski definition) is 6. The molecule has 8 nitrogen and oxygen atoms in total. The molecular formula is C18H32F2N4O4. The van der Waals surface area contributed by atoms with Crippen LogP contribution in [-0.2, 0) is 14.3 Å². The van der Waals surface area contributed by atoms with Crippen molar-refractivity contribution in [2.45, 2.75) is 50.8 Å². The number of morpholine rings is 1. The van der Waals surface area contributed by atoms with E-state index in [0.29, 0.717) is 45.8 Å². The van der Waals surface area contributed by atoms with Gasteiger partial charge in [0.25, 0.3) is 5.91 Å². The monoisotopic (exact) mass is 406 g/mol. The molecule has 2 aliphatic heterocycles. The average molecular weight is 406 g/mol. The molecule has 2 unspecified atom stereocenters.